The number of rotatable bonds is 5. The Kier molecular flexibility index (Phi) is 4.83. The lowest BCUT2D eigenvalue weighted by Crippen LogP contribution is -2.10. The maximum Gasteiger partial charge on any atom is 0.237 e. The molecule has 5 heteroatoms. The van der Waals surface area contributed by atoms with Crippen molar-refractivity contribution in [3.8, 4) is 0 Å². The maximum absolute atomic E-state index is 12.3. The molecule has 0 bridgehead atoms. The van der Waals surface area contributed by atoms with Crippen LogP contribution >= 0.6 is 11.8 Å². The third-order valence-electron chi connectivity index (χ3n) is 2.94. The summed E-state index contributed by atoms with van der Waals surface area (Å²) in [6.07, 6.45) is 0. The first-order valence-corrected chi connectivity index (χ1v) is 7.91. The van der Waals surface area contributed by atoms with E-state index in [9.17, 15) is 4.79 Å². The van der Waals surface area contributed by atoms with Gasteiger partial charge in [-0.15, -0.1) is 11.8 Å². The highest BCUT2D eigenvalue weighted by atomic mass is 32.2. The van der Waals surface area contributed by atoms with Gasteiger partial charge in [0.05, 0.1) is 11.7 Å². The molecule has 1 atom stereocenters. The van der Waals surface area contributed by atoms with Crippen molar-refractivity contribution in [3.63, 3.8) is 0 Å². The minimum atomic E-state index is -0.423. The van der Waals surface area contributed by atoms with Gasteiger partial charge in [-0.3, -0.25) is 4.79 Å². The quantitative estimate of drug-likeness (QED) is 0.779. The molecule has 0 spiro atoms. The van der Waals surface area contributed by atoms with Crippen molar-refractivity contribution < 1.29 is 9.32 Å². The average molecular weight is 304 g/mol. The number of ketones is 1. The van der Waals surface area contributed by atoms with Gasteiger partial charge in [0.2, 0.25) is 5.89 Å². The van der Waals surface area contributed by atoms with Gasteiger partial charge in [0.15, 0.2) is 11.6 Å². The van der Waals surface area contributed by atoms with Crippen molar-refractivity contribution >= 4 is 17.5 Å². The molecule has 2 rings (SSSR count). The summed E-state index contributed by atoms with van der Waals surface area (Å²) in [6.45, 7) is 8.21. The first kappa shape index (κ1) is 15.8. The van der Waals surface area contributed by atoms with Crippen molar-refractivity contribution in [2.24, 2.45) is 0 Å². The van der Waals surface area contributed by atoms with Crippen LogP contribution in [0.2, 0.25) is 0 Å². The van der Waals surface area contributed by atoms with Gasteiger partial charge in [0, 0.05) is 10.3 Å². The van der Waals surface area contributed by atoms with Crippen LogP contribution in [0.25, 0.3) is 0 Å². The summed E-state index contributed by atoms with van der Waals surface area (Å²) >= 11 is 1.75. The summed E-state index contributed by atoms with van der Waals surface area (Å²) in [6, 6.07) is 9.17. The number of hydrogen-bond donors (Lipinski definition) is 0. The number of thioether (sulfide) groups is 1. The largest absolute Gasteiger partial charge is 0.339 e. The highest BCUT2D eigenvalue weighted by Gasteiger charge is 2.23. The fraction of sp³-hybridized carbons (Fsp3) is 0.438. The van der Waals surface area contributed by atoms with Crippen molar-refractivity contribution in [2.75, 3.05) is 0 Å². The maximum atomic E-state index is 12.3. The molecule has 1 aromatic heterocycles. The fourth-order valence-corrected chi connectivity index (χ4v) is 2.43. The van der Waals surface area contributed by atoms with E-state index in [1.807, 2.05) is 18.2 Å². The number of hydrogen-bond acceptors (Lipinski definition) is 5. The van der Waals surface area contributed by atoms with Gasteiger partial charge < -0.3 is 4.52 Å². The van der Waals surface area contributed by atoms with E-state index in [-0.39, 0.29) is 10.5 Å². The van der Waals surface area contributed by atoms with E-state index in [1.165, 1.54) is 0 Å². The molecule has 0 saturated heterocycles. The molecule has 1 unspecified atom stereocenters. The molecule has 0 amide bonds. The van der Waals surface area contributed by atoms with Crippen LogP contribution < -0.4 is 0 Å². The Morgan fingerprint density at radius 2 is 1.95 bits per heavy atom. The smallest absolute Gasteiger partial charge is 0.237 e. The fourth-order valence-electron chi connectivity index (χ4n) is 1.75. The molecule has 1 aromatic carbocycles. The first-order chi connectivity index (χ1) is 9.87. The SMILES string of the molecule is CC(C(=O)c1ccccc1)c1nc(CSC(C)(C)C)no1. The summed E-state index contributed by atoms with van der Waals surface area (Å²) in [7, 11) is 0. The number of carbonyl (C=O) groups excluding carboxylic acids is 1. The van der Waals surface area contributed by atoms with Gasteiger partial charge in [-0.25, -0.2) is 0 Å². The molecular weight excluding hydrogens is 284 g/mol. The van der Waals surface area contributed by atoms with Gasteiger partial charge in [-0.2, -0.15) is 4.98 Å². The lowest BCUT2D eigenvalue weighted by Gasteiger charge is -2.15. The molecule has 0 aliphatic heterocycles. The predicted octanol–water partition coefficient (Wildman–Crippen LogP) is 4.09. The molecule has 2 aromatic rings. The summed E-state index contributed by atoms with van der Waals surface area (Å²) in [5.41, 5.74) is 0.661. The molecule has 0 aliphatic rings. The van der Waals surface area contributed by atoms with Crippen LogP contribution in [0, 0.1) is 0 Å². The predicted molar refractivity (Wildman–Crippen MR) is 84.5 cm³/mol. The molecule has 1 heterocycles. The van der Waals surface area contributed by atoms with Crippen LogP contribution in [0.15, 0.2) is 34.9 Å². The normalized spacial score (nSPS) is 13.1. The standard InChI is InChI=1S/C16H20N2O2S/c1-11(14(19)12-8-6-5-7-9-12)15-17-13(18-20-15)10-21-16(2,3)4/h5-9,11H,10H2,1-4H3. The number of benzene rings is 1. The van der Waals surface area contributed by atoms with Crippen molar-refractivity contribution in [1.29, 1.82) is 0 Å². The molecular formula is C16H20N2O2S. The molecule has 4 nitrogen and oxygen atoms in total. The third kappa shape index (κ3) is 4.43. The van der Waals surface area contributed by atoms with Crippen LogP contribution in [0.1, 0.15) is 55.7 Å². The van der Waals surface area contributed by atoms with Crippen LogP contribution in [0.3, 0.4) is 0 Å². The second-order valence-electron chi connectivity index (χ2n) is 5.90. The molecule has 0 radical (unpaired) electrons. The van der Waals surface area contributed by atoms with Crippen molar-refractivity contribution in [3.05, 3.63) is 47.6 Å². The van der Waals surface area contributed by atoms with Crippen molar-refractivity contribution in [2.45, 2.75) is 44.1 Å². The highest BCUT2D eigenvalue weighted by Crippen LogP contribution is 2.27. The Hall–Kier alpha value is -1.62. The van der Waals surface area contributed by atoms with Crippen LogP contribution in [0.4, 0.5) is 0 Å². The average Bonchev–Trinajstić information content (AvgIpc) is 2.93. The Balaban J connectivity index is 2.05. The molecule has 0 N–H and O–H groups in total. The number of Topliss-reactive ketones (excluding diaryl/α,β-unsaturated/α-hetero) is 1. The number of nitrogens with zero attached hydrogens (tertiary/aromatic N) is 2. The zero-order valence-electron chi connectivity index (χ0n) is 12.8. The molecule has 21 heavy (non-hydrogen) atoms. The van der Waals surface area contributed by atoms with E-state index < -0.39 is 5.92 Å². The Morgan fingerprint density at radius 1 is 1.29 bits per heavy atom. The number of carbonyl (C=O) groups is 1. The molecule has 0 fully saturated rings. The van der Waals surface area contributed by atoms with Gasteiger partial charge in [-0.1, -0.05) is 56.3 Å². The topological polar surface area (TPSA) is 56.0 Å². The van der Waals surface area contributed by atoms with Gasteiger partial charge in [-0.05, 0) is 6.92 Å². The second kappa shape index (κ2) is 6.43. The lowest BCUT2D eigenvalue weighted by molar-refractivity contribution is 0.0951. The second-order valence-corrected chi connectivity index (χ2v) is 7.70. The van der Waals surface area contributed by atoms with E-state index in [4.69, 9.17) is 4.52 Å². The Morgan fingerprint density at radius 3 is 2.57 bits per heavy atom. The summed E-state index contributed by atoms with van der Waals surface area (Å²) in [4.78, 5) is 16.7. The van der Waals surface area contributed by atoms with Crippen LogP contribution in [-0.4, -0.2) is 20.7 Å². The van der Waals surface area contributed by atoms with Crippen molar-refractivity contribution in [1.82, 2.24) is 10.1 Å². The minimum Gasteiger partial charge on any atom is -0.339 e. The van der Waals surface area contributed by atoms with Crippen LogP contribution in [0.5, 0.6) is 0 Å². The van der Waals surface area contributed by atoms with E-state index in [0.717, 1.165) is 0 Å². The zero-order valence-corrected chi connectivity index (χ0v) is 13.6. The summed E-state index contributed by atoms with van der Waals surface area (Å²) < 4.78 is 5.38. The monoisotopic (exact) mass is 304 g/mol. The van der Waals surface area contributed by atoms with E-state index in [1.54, 1.807) is 30.8 Å². The van der Waals surface area contributed by atoms with Crippen LogP contribution in [-0.2, 0) is 5.75 Å². The van der Waals surface area contributed by atoms with E-state index in [2.05, 4.69) is 30.9 Å². The lowest BCUT2D eigenvalue weighted by atomic mass is 9.99. The highest BCUT2D eigenvalue weighted by molar-refractivity contribution is 7.99. The number of aromatic nitrogens is 2. The third-order valence-corrected chi connectivity index (χ3v) is 4.21. The molecule has 0 saturated carbocycles. The zero-order chi connectivity index (χ0) is 15.5. The van der Waals surface area contributed by atoms with E-state index in [0.29, 0.717) is 23.0 Å². The Labute approximate surface area is 129 Å². The van der Waals surface area contributed by atoms with E-state index >= 15 is 0 Å². The van der Waals surface area contributed by atoms with Gasteiger partial charge >= 0.3 is 0 Å². The molecule has 0 aliphatic carbocycles. The minimum absolute atomic E-state index is 0.00530. The van der Waals surface area contributed by atoms with Gasteiger partial charge in [0.25, 0.3) is 0 Å². The molecule has 112 valence electrons. The first-order valence-electron chi connectivity index (χ1n) is 6.92. The summed E-state index contributed by atoms with van der Waals surface area (Å²) in [5, 5.41) is 3.96. The Bertz CT molecular complexity index is 602. The summed E-state index contributed by atoms with van der Waals surface area (Å²) in [5.74, 6) is 1.27. The van der Waals surface area contributed by atoms with Gasteiger partial charge in [0.1, 0.15) is 0 Å².